The second-order valence-electron chi connectivity index (χ2n) is 5.96. The summed E-state index contributed by atoms with van der Waals surface area (Å²) < 4.78 is 31.9. The Kier molecular flexibility index (Phi) is 5.73. The van der Waals surface area contributed by atoms with Gasteiger partial charge in [-0.2, -0.15) is 0 Å². The van der Waals surface area contributed by atoms with Crippen LogP contribution < -0.4 is 5.32 Å². The third-order valence-electron chi connectivity index (χ3n) is 4.22. The van der Waals surface area contributed by atoms with Crippen LogP contribution in [0.4, 0.5) is 8.78 Å². The van der Waals surface area contributed by atoms with Gasteiger partial charge in [-0.3, -0.25) is 9.69 Å². The Morgan fingerprint density at radius 2 is 1.96 bits per heavy atom. The fourth-order valence-corrected chi connectivity index (χ4v) is 2.84. The van der Waals surface area contributed by atoms with Crippen LogP contribution in [0.1, 0.15) is 22.0 Å². The van der Waals surface area contributed by atoms with Gasteiger partial charge in [0.2, 0.25) is 0 Å². The van der Waals surface area contributed by atoms with Crippen molar-refractivity contribution in [3.05, 3.63) is 71.3 Å². The molecule has 0 aliphatic carbocycles. The van der Waals surface area contributed by atoms with Crippen molar-refractivity contribution < 1.29 is 18.3 Å². The molecule has 1 aliphatic heterocycles. The van der Waals surface area contributed by atoms with Crippen molar-refractivity contribution in [1.29, 1.82) is 0 Å². The minimum absolute atomic E-state index is 0.0249. The van der Waals surface area contributed by atoms with Crippen molar-refractivity contribution in [2.75, 3.05) is 32.8 Å². The van der Waals surface area contributed by atoms with Gasteiger partial charge in [-0.1, -0.05) is 30.3 Å². The van der Waals surface area contributed by atoms with Gasteiger partial charge < -0.3 is 10.1 Å². The Balaban J connectivity index is 1.48. The van der Waals surface area contributed by atoms with E-state index in [-0.39, 0.29) is 11.7 Å². The van der Waals surface area contributed by atoms with E-state index in [1.54, 1.807) is 0 Å². The number of rotatable bonds is 5. The zero-order chi connectivity index (χ0) is 17.6. The standard InChI is InChI=1S/C19H20F2N2O2/c20-16-7-6-15(12-17(16)21)19(24)22-8-9-23-10-11-25-18(13-23)14-4-2-1-3-5-14/h1-7,12,18H,8-11,13H2,(H,22,24)/t18-/m1/s1. The smallest absolute Gasteiger partial charge is 0.251 e. The van der Waals surface area contributed by atoms with Crippen LogP contribution in [0.3, 0.4) is 0 Å². The second-order valence-corrected chi connectivity index (χ2v) is 5.96. The Morgan fingerprint density at radius 1 is 1.16 bits per heavy atom. The zero-order valence-electron chi connectivity index (χ0n) is 13.8. The van der Waals surface area contributed by atoms with E-state index in [1.165, 1.54) is 6.07 Å². The number of hydrogen-bond acceptors (Lipinski definition) is 3. The summed E-state index contributed by atoms with van der Waals surface area (Å²) in [5, 5.41) is 2.74. The van der Waals surface area contributed by atoms with Crippen LogP contribution in [0.2, 0.25) is 0 Å². The van der Waals surface area contributed by atoms with E-state index in [4.69, 9.17) is 4.74 Å². The van der Waals surface area contributed by atoms with E-state index in [0.717, 1.165) is 30.8 Å². The summed E-state index contributed by atoms with van der Waals surface area (Å²) in [6, 6.07) is 13.2. The zero-order valence-corrected chi connectivity index (χ0v) is 13.8. The molecule has 1 amide bonds. The molecule has 1 fully saturated rings. The van der Waals surface area contributed by atoms with Gasteiger partial charge >= 0.3 is 0 Å². The number of benzene rings is 2. The fraction of sp³-hybridized carbons (Fsp3) is 0.316. The van der Waals surface area contributed by atoms with Crippen LogP contribution in [-0.4, -0.2) is 43.6 Å². The van der Waals surface area contributed by atoms with E-state index in [0.29, 0.717) is 19.7 Å². The fourth-order valence-electron chi connectivity index (χ4n) is 2.84. The highest BCUT2D eigenvalue weighted by molar-refractivity contribution is 5.94. The third-order valence-corrected chi connectivity index (χ3v) is 4.22. The first kappa shape index (κ1) is 17.5. The summed E-state index contributed by atoms with van der Waals surface area (Å²) in [6.07, 6.45) is 0.0249. The molecule has 1 heterocycles. The van der Waals surface area contributed by atoms with E-state index in [1.807, 2.05) is 30.3 Å². The molecule has 0 bridgehead atoms. The molecular formula is C19H20F2N2O2. The number of carbonyl (C=O) groups excluding carboxylic acids is 1. The lowest BCUT2D eigenvalue weighted by Gasteiger charge is -2.33. The van der Waals surface area contributed by atoms with Crippen molar-refractivity contribution in [3.8, 4) is 0 Å². The number of halogens is 2. The summed E-state index contributed by atoms with van der Waals surface area (Å²) >= 11 is 0. The van der Waals surface area contributed by atoms with Crippen LogP contribution in [0.15, 0.2) is 48.5 Å². The van der Waals surface area contributed by atoms with E-state index < -0.39 is 17.5 Å². The predicted octanol–water partition coefficient (Wildman–Crippen LogP) is 2.77. The third kappa shape index (κ3) is 4.61. The minimum atomic E-state index is -1.02. The van der Waals surface area contributed by atoms with E-state index in [9.17, 15) is 13.6 Å². The highest BCUT2D eigenvalue weighted by Crippen LogP contribution is 2.21. The van der Waals surface area contributed by atoms with Crippen LogP contribution in [0, 0.1) is 11.6 Å². The predicted molar refractivity (Wildman–Crippen MR) is 90.3 cm³/mol. The highest BCUT2D eigenvalue weighted by atomic mass is 19.2. The Labute approximate surface area is 145 Å². The molecule has 1 atom stereocenters. The van der Waals surface area contributed by atoms with Gasteiger partial charge in [-0.25, -0.2) is 8.78 Å². The van der Waals surface area contributed by atoms with Crippen molar-refractivity contribution in [2.24, 2.45) is 0 Å². The molecular weight excluding hydrogens is 326 g/mol. The van der Waals surface area contributed by atoms with Gasteiger partial charge in [0.25, 0.3) is 5.91 Å². The van der Waals surface area contributed by atoms with Gasteiger partial charge in [0.15, 0.2) is 11.6 Å². The van der Waals surface area contributed by atoms with Crippen molar-refractivity contribution in [1.82, 2.24) is 10.2 Å². The van der Waals surface area contributed by atoms with Crippen molar-refractivity contribution >= 4 is 5.91 Å². The summed E-state index contributed by atoms with van der Waals surface area (Å²) in [4.78, 5) is 14.2. The topological polar surface area (TPSA) is 41.6 Å². The molecule has 2 aromatic carbocycles. The van der Waals surface area contributed by atoms with Crippen LogP contribution >= 0.6 is 0 Å². The van der Waals surface area contributed by atoms with Crippen molar-refractivity contribution in [2.45, 2.75) is 6.10 Å². The Bertz CT molecular complexity index is 725. The highest BCUT2D eigenvalue weighted by Gasteiger charge is 2.21. The largest absolute Gasteiger partial charge is 0.371 e. The van der Waals surface area contributed by atoms with Gasteiger partial charge in [0.05, 0.1) is 12.7 Å². The molecule has 0 radical (unpaired) electrons. The maximum Gasteiger partial charge on any atom is 0.251 e. The summed E-state index contributed by atoms with van der Waals surface area (Å²) in [7, 11) is 0. The average Bonchev–Trinajstić information content (AvgIpc) is 2.65. The van der Waals surface area contributed by atoms with Gasteiger partial charge in [-0.15, -0.1) is 0 Å². The Hall–Kier alpha value is -2.31. The molecule has 1 aliphatic rings. The first-order valence-corrected chi connectivity index (χ1v) is 8.25. The molecule has 132 valence electrons. The van der Waals surface area contributed by atoms with Gasteiger partial charge in [0.1, 0.15) is 0 Å². The molecule has 4 nitrogen and oxygen atoms in total. The summed E-state index contributed by atoms with van der Waals surface area (Å²) in [5.74, 6) is -2.39. The minimum Gasteiger partial charge on any atom is -0.371 e. The molecule has 1 N–H and O–H groups in total. The maximum absolute atomic E-state index is 13.2. The molecule has 2 aromatic rings. The van der Waals surface area contributed by atoms with Crippen LogP contribution in [-0.2, 0) is 4.74 Å². The lowest BCUT2D eigenvalue weighted by Crippen LogP contribution is -2.42. The molecule has 25 heavy (non-hydrogen) atoms. The number of nitrogens with zero attached hydrogens (tertiary/aromatic N) is 1. The number of amides is 1. The number of hydrogen-bond donors (Lipinski definition) is 1. The molecule has 0 aromatic heterocycles. The van der Waals surface area contributed by atoms with E-state index in [2.05, 4.69) is 10.2 Å². The van der Waals surface area contributed by atoms with Crippen LogP contribution in [0.25, 0.3) is 0 Å². The summed E-state index contributed by atoms with van der Waals surface area (Å²) in [5.41, 5.74) is 1.25. The molecule has 6 heteroatoms. The first-order valence-electron chi connectivity index (χ1n) is 8.25. The molecule has 1 saturated heterocycles. The molecule has 0 saturated carbocycles. The lowest BCUT2D eigenvalue weighted by molar-refractivity contribution is -0.0293. The van der Waals surface area contributed by atoms with Gasteiger partial charge in [-0.05, 0) is 23.8 Å². The maximum atomic E-state index is 13.2. The van der Waals surface area contributed by atoms with Gasteiger partial charge in [0, 0.05) is 31.7 Å². The number of nitrogens with one attached hydrogen (secondary N) is 1. The normalized spacial score (nSPS) is 18.1. The molecule has 0 spiro atoms. The van der Waals surface area contributed by atoms with Crippen LogP contribution in [0.5, 0.6) is 0 Å². The number of morpholine rings is 1. The SMILES string of the molecule is O=C(NCCN1CCO[C@@H](c2ccccc2)C1)c1ccc(F)c(F)c1. The number of ether oxygens (including phenoxy) is 1. The van der Waals surface area contributed by atoms with E-state index >= 15 is 0 Å². The summed E-state index contributed by atoms with van der Waals surface area (Å²) in [6.45, 7) is 3.29. The lowest BCUT2D eigenvalue weighted by atomic mass is 10.1. The second kappa shape index (κ2) is 8.18. The molecule has 0 unspecified atom stereocenters. The number of carbonyl (C=O) groups is 1. The first-order chi connectivity index (χ1) is 12.1. The molecule has 3 rings (SSSR count). The average molecular weight is 346 g/mol. The monoisotopic (exact) mass is 346 g/mol. The van der Waals surface area contributed by atoms with Crippen molar-refractivity contribution in [3.63, 3.8) is 0 Å². The quantitative estimate of drug-likeness (QED) is 0.905. The Morgan fingerprint density at radius 3 is 2.72 bits per heavy atom.